The first-order valence-electron chi connectivity index (χ1n) is 12.8. The lowest BCUT2D eigenvalue weighted by Crippen LogP contribution is -2.44. The quantitative estimate of drug-likeness (QED) is 0.490. The van der Waals surface area contributed by atoms with Gasteiger partial charge in [0, 0.05) is 23.7 Å². The zero-order valence-electron chi connectivity index (χ0n) is 21.1. The molecule has 3 N–H and O–H groups in total. The Morgan fingerprint density at radius 2 is 2.03 bits per heavy atom. The van der Waals surface area contributed by atoms with Gasteiger partial charge < -0.3 is 25.1 Å². The minimum atomic E-state index is -0.701. The van der Waals surface area contributed by atoms with Gasteiger partial charge in [0.1, 0.15) is 17.8 Å². The molecule has 5 rings (SSSR count). The highest BCUT2D eigenvalue weighted by Gasteiger charge is 2.36. The van der Waals surface area contributed by atoms with Crippen LogP contribution in [0.5, 0.6) is 5.88 Å². The van der Waals surface area contributed by atoms with E-state index in [-0.39, 0.29) is 29.1 Å². The number of nitrogens with zero attached hydrogens (tertiary/aromatic N) is 1. The Bertz CT molecular complexity index is 1160. The molecule has 1 atom stereocenters. The molecule has 1 saturated heterocycles. The minimum Gasteiger partial charge on any atom is -0.469 e. The number of hydrogen-bond acceptors (Lipinski definition) is 6. The molecule has 0 aromatic carbocycles. The first kappa shape index (κ1) is 24.5. The summed E-state index contributed by atoms with van der Waals surface area (Å²) in [6.07, 6.45) is 6.48. The number of nitrogens with one attached hydrogen (secondary N) is 3. The van der Waals surface area contributed by atoms with Crippen LogP contribution in [0.3, 0.4) is 0 Å². The minimum absolute atomic E-state index is 0.0171. The van der Waals surface area contributed by atoms with Crippen LogP contribution >= 0.6 is 0 Å². The summed E-state index contributed by atoms with van der Waals surface area (Å²) in [6.45, 7) is 7.01. The van der Waals surface area contributed by atoms with E-state index in [1.54, 1.807) is 25.3 Å². The summed E-state index contributed by atoms with van der Waals surface area (Å²) in [4.78, 5) is 46.7. The number of Topliss-reactive ketones (excluding diaryl/α,β-unsaturated/α-hetero) is 1. The lowest BCUT2D eigenvalue weighted by Gasteiger charge is -2.28. The molecule has 2 fully saturated rings. The van der Waals surface area contributed by atoms with Gasteiger partial charge in [0.25, 0.3) is 5.91 Å². The van der Waals surface area contributed by atoms with Crippen molar-refractivity contribution in [2.45, 2.75) is 71.4 Å². The van der Waals surface area contributed by atoms with Gasteiger partial charge in [0.15, 0.2) is 5.78 Å². The maximum atomic E-state index is 13.3. The fourth-order valence-corrected chi connectivity index (χ4v) is 4.97. The predicted molar refractivity (Wildman–Crippen MR) is 133 cm³/mol. The first-order chi connectivity index (χ1) is 17.2. The number of aromatic nitrogens is 2. The van der Waals surface area contributed by atoms with Crippen molar-refractivity contribution in [2.75, 3.05) is 18.5 Å². The second kappa shape index (κ2) is 9.69. The van der Waals surface area contributed by atoms with Crippen LogP contribution in [0.4, 0.5) is 5.69 Å². The molecule has 0 bridgehead atoms. The number of anilines is 1. The normalized spacial score (nSPS) is 19.7. The van der Waals surface area contributed by atoms with Crippen molar-refractivity contribution in [3.63, 3.8) is 0 Å². The molecule has 1 unspecified atom stereocenters. The fraction of sp³-hybridized carbons (Fsp3) is 0.556. The topological polar surface area (TPSA) is 122 Å². The summed E-state index contributed by atoms with van der Waals surface area (Å²) in [5.41, 5.74) is 2.82. The Kier molecular flexibility index (Phi) is 6.59. The van der Waals surface area contributed by atoms with Crippen LogP contribution in [0.25, 0.3) is 0 Å². The molecule has 2 aliphatic carbocycles. The van der Waals surface area contributed by atoms with Gasteiger partial charge in [0.05, 0.1) is 25.1 Å². The van der Waals surface area contributed by atoms with Gasteiger partial charge >= 0.3 is 0 Å². The number of carbonyl (C=O) groups is 3. The molecule has 9 nitrogen and oxygen atoms in total. The molecule has 192 valence electrons. The van der Waals surface area contributed by atoms with E-state index in [1.165, 1.54) is 12.8 Å². The van der Waals surface area contributed by atoms with E-state index >= 15 is 0 Å². The van der Waals surface area contributed by atoms with Crippen molar-refractivity contribution < 1.29 is 23.9 Å². The molecule has 2 aromatic rings. The second-order valence-corrected chi connectivity index (χ2v) is 11.1. The van der Waals surface area contributed by atoms with Crippen LogP contribution < -0.4 is 15.4 Å². The Hall–Kier alpha value is -3.20. The number of ether oxygens (including phenoxy) is 2. The van der Waals surface area contributed by atoms with Crippen molar-refractivity contribution in [3.05, 3.63) is 40.8 Å². The molecule has 2 amide bonds. The molecule has 9 heteroatoms. The third kappa shape index (κ3) is 5.46. The molecular formula is C27H34N4O5. The van der Waals surface area contributed by atoms with Crippen molar-refractivity contribution in [1.82, 2.24) is 15.3 Å². The van der Waals surface area contributed by atoms with Crippen LogP contribution in [0, 0.1) is 18.3 Å². The number of pyridine rings is 1. The van der Waals surface area contributed by atoms with E-state index in [2.05, 4.69) is 34.4 Å². The fourth-order valence-electron chi connectivity index (χ4n) is 4.97. The molecule has 3 aliphatic rings. The highest BCUT2D eigenvalue weighted by Crippen LogP contribution is 2.37. The maximum Gasteiger partial charge on any atom is 0.268 e. The number of H-pyrrole nitrogens is 1. The summed E-state index contributed by atoms with van der Waals surface area (Å²) < 4.78 is 10.8. The second-order valence-electron chi connectivity index (χ2n) is 11.1. The third-order valence-electron chi connectivity index (χ3n) is 7.21. The highest BCUT2D eigenvalue weighted by atomic mass is 16.6. The maximum absolute atomic E-state index is 13.3. The van der Waals surface area contributed by atoms with Crippen LogP contribution in [0.1, 0.15) is 78.1 Å². The van der Waals surface area contributed by atoms with Gasteiger partial charge in [-0.05, 0) is 49.1 Å². The monoisotopic (exact) mass is 494 g/mol. The molecule has 0 spiro atoms. The molecule has 0 radical (unpaired) electrons. The van der Waals surface area contributed by atoms with E-state index in [9.17, 15) is 14.4 Å². The van der Waals surface area contributed by atoms with Crippen LogP contribution in [-0.4, -0.2) is 52.9 Å². The number of hydrogen-bond donors (Lipinski definition) is 3. The van der Waals surface area contributed by atoms with Crippen LogP contribution in [0.15, 0.2) is 18.3 Å². The summed E-state index contributed by atoms with van der Waals surface area (Å²) >= 11 is 0. The third-order valence-corrected chi connectivity index (χ3v) is 7.21. The Labute approximate surface area is 210 Å². The zero-order chi connectivity index (χ0) is 25.4. The summed E-state index contributed by atoms with van der Waals surface area (Å²) in [6, 6.07) is 2.74. The number of fused-ring (bicyclic) bond motifs is 1. The van der Waals surface area contributed by atoms with Gasteiger partial charge in [0.2, 0.25) is 11.8 Å². The van der Waals surface area contributed by atoms with Crippen molar-refractivity contribution in [2.24, 2.45) is 11.3 Å². The lowest BCUT2D eigenvalue weighted by atomic mass is 9.75. The van der Waals surface area contributed by atoms with E-state index in [0.29, 0.717) is 66.8 Å². The van der Waals surface area contributed by atoms with E-state index in [1.807, 2.05) is 0 Å². The standard InChI is InChI=1S/C27H34N4O5/c1-15-23-20(10-27(2,3)11-21(23)32)30-24(15)26(34)31-19(8-6-16-4-5-16)25(33)29-17-7-9-22(28-12-17)36-18-13-35-14-18/h7,9,12,16,18-19,30H,4-6,8,10-11,13-14H2,1-3H3,(H,29,33)(H,31,34). The molecular weight excluding hydrogens is 460 g/mol. The number of carbonyl (C=O) groups excluding carboxylic acids is 3. The predicted octanol–water partition coefficient (Wildman–Crippen LogP) is 3.58. The first-order valence-corrected chi connectivity index (χ1v) is 12.8. The summed E-state index contributed by atoms with van der Waals surface area (Å²) in [5, 5.41) is 5.79. The largest absolute Gasteiger partial charge is 0.469 e. The van der Waals surface area contributed by atoms with Crippen LogP contribution in [0.2, 0.25) is 0 Å². The average Bonchev–Trinajstić information content (AvgIpc) is 3.55. The van der Waals surface area contributed by atoms with Gasteiger partial charge in [-0.3, -0.25) is 14.4 Å². The Morgan fingerprint density at radius 1 is 1.25 bits per heavy atom. The van der Waals surface area contributed by atoms with E-state index in [0.717, 1.165) is 12.1 Å². The van der Waals surface area contributed by atoms with Crippen molar-refractivity contribution in [1.29, 1.82) is 0 Å². The number of aromatic amines is 1. The smallest absolute Gasteiger partial charge is 0.268 e. The Morgan fingerprint density at radius 3 is 2.67 bits per heavy atom. The lowest BCUT2D eigenvalue weighted by molar-refractivity contribution is -0.118. The average molecular weight is 495 g/mol. The van der Waals surface area contributed by atoms with Crippen LogP contribution in [-0.2, 0) is 16.0 Å². The number of ketones is 1. The number of amides is 2. The SMILES string of the molecule is Cc1c(C(=O)NC(CCC2CC2)C(=O)Nc2ccc(OC3COC3)nc2)[nH]c2c1C(=O)CC(C)(C)C2. The van der Waals surface area contributed by atoms with Crippen molar-refractivity contribution >= 4 is 23.3 Å². The molecule has 36 heavy (non-hydrogen) atoms. The van der Waals surface area contributed by atoms with Gasteiger partial charge in [-0.15, -0.1) is 0 Å². The Balaban J connectivity index is 1.27. The van der Waals surface area contributed by atoms with E-state index < -0.39 is 6.04 Å². The molecule has 1 saturated carbocycles. The van der Waals surface area contributed by atoms with E-state index in [4.69, 9.17) is 9.47 Å². The van der Waals surface area contributed by atoms with Gasteiger partial charge in [-0.2, -0.15) is 0 Å². The van der Waals surface area contributed by atoms with Gasteiger partial charge in [-0.25, -0.2) is 4.98 Å². The molecule has 3 heterocycles. The molecule has 1 aliphatic heterocycles. The highest BCUT2D eigenvalue weighted by molar-refractivity contribution is 6.06. The summed E-state index contributed by atoms with van der Waals surface area (Å²) in [7, 11) is 0. The molecule has 2 aromatic heterocycles. The zero-order valence-corrected chi connectivity index (χ0v) is 21.1. The van der Waals surface area contributed by atoms with Gasteiger partial charge in [-0.1, -0.05) is 26.7 Å². The van der Waals surface area contributed by atoms with Crippen molar-refractivity contribution in [3.8, 4) is 5.88 Å². The summed E-state index contributed by atoms with van der Waals surface area (Å²) in [5.74, 6) is 0.488. The number of rotatable bonds is 9.